The minimum Gasteiger partial charge on any atom is -0.330 e. The molecule has 0 amide bonds. The second-order valence-corrected chi connectivity index (χ2v) is 4.74. The molecule has 82 valence electrons. The molecule has 2 fully saturated rings. The third-order valence-corrected chi connectivity index (χ3v) is 3.85. The van der Waals surface area contributed by atoms with Crippen LogP contribution < -0.4 is 11.1 Å². The van der Waals surface area contributed by atoms with Crippen LogP contribution in [-0.4, -0.2) is 43.2 Å². The average Bonchev–Trinajstić information content (AvgIpc) is 2.24. The number of hydrogen-bond donors (Lipinski definition) is 2. The molecule has 0 aliphatic carbocycles. The highest BCUT2D eigenvalue weighted by Crippen LogP contribution is 2.36. The smallest absolute Gasteiger partial charge is 0.0346 e. The summed E-state index contributed by atoms with van der Waals surface area (Å²) in [6, 6.07) is 0. The van der Waals surface area contributed by atoms with E-state index < -0.39 is 0 Å². The van der Waals surface area contributed by atoms with Crippen LogP contribution in [0.1, 0.15) is 32.1 Å². The molecule has 2 aliphatic rings. The van der Waals surface area contributed by atoms with Gasteiger partial charge in [-0.05, 0) is 51.7 Å². The molecule has 2 rings (SSSR count). The van der Waals surface area contributed by atoms with Crippen molar-refractivity contribution in [1.29, 1.82) is 0 Å². The van der Waals surface area contributed by atoms with Gasteiger partial charge in [-0.2, -0.15) is 0 Å². The quantitative estimate of drug-likeness (QED) is 0.647. The van der Waals surface area contributed by atoms with Crippen LogP contribution in [0.15, 0.2) is 0 Å². The van der Waals surface area contributed by atoms with E-state index in [-0.39, 0.29) is 0 Å². The van der Waals surface area contributed by atoms with Crippen molar-refractivity contribution in [3.63, 3.8) is 0 Å². The molecular formula is C11H23N3. The highest BCUT2D eigenvalue weighted by Gasteiger charge is 2.44. The first kappa shape index (κ1) is 10.4. The molecular weight excluding hydrogens is 174 g/mol. The predicted octanol–water partition coefficient (Wildman–Crippen LogP) is 0.553. The summed E-state index contributed by atoms with van der Waals surface area (Å²) in [7, 11) is 0. The number of nitrogens with two attached hydrogens (primary N) is 1. The van der Waals surface area contributed by atoms with Crippen molar-refractivity contribution in [3.05, 3.63) is 0 Å². The Kier molecular flexibility index (Phi) is 3.42. The molecule has 1 atom stereocenters. The highest BCUT2D eigenvalue weighted by molar-refractivity contribution is 5.02. The standard InChI is InChI=1S/C11H23N3/c12-6-1-2-8-14-9-5-11(14)4-3-7-13-10-11/h13H,1-10,12H2. The molecule has 0 radical (unpaired) electrons. The summed E-state index contributed by atoms with van der Waals surface area (Å²) in [6.07, 6.45) is 6.62. The largest absolute Gasteiger partial charge is 0.330 e. The van der Waals surface area contributed by atoms with Gasteiger partial charge in [0.25, 0.3) is 0 Å². The lowest BCUT2D eigenvalue weighted by Crippen LogP contribution is -2.66. The Labute approximate surface area is 87.0 Å². The van der Waals surface area contributed by atoms with Gasteiger partial charge in [0.1, 0.15) is 0 Å². The summed E-state index contributed by atoms with van der Waals surface area (Å²) in [5.74, 6) is 0. The van der Waals surface area contributed by atoms with Crippen LogP contribution in [0.4, 0.5) is 0 Å². The van der Waals surface area contributed by atoms with E-state index in [1.165, 1.54) is 58.3 Å². The van der Waals surface area contributed by atoms with Crippen LogP contribution in [0.25, 0.3) is 0 Å². The van der Waals surface area contributed by atoms with Gasteiger partial charge in [0.05, 0.1) is 0 Å². The van der Waals surface area contributed by atoms with E-state index in [0.717, 1.165) is 6.54 Å². The lowest BCUT2D eigenvalue weighted by atomic mass is 9.78. The summed E-state index contributed by atoms with van der Waals surface area (Å²) in [5.41, 5.74) is 6.06. The van der Waals surface area contributed by atoms with Gasteiger partial charge in [-0.15, -0.1) is 0 Å². The van der Waals surface area contributed by atoms with E-state index in [0.29, 0.717) is 5.54 Å². The second-order valence-electron chi connectivity index (χ2n) is 4.74. The summed E-state index contributed by atoms with van der Waals surface area (Å²) >= 11 is 0. The van der Waals surface area contributed by atoms with Gasteiger partial charge in [-0.3, -0.25) is 4.90 Å². The number of unbranched alkanes of at least 4 members (excludes halogenated alkanes) is 1. The molecule has 2 heterocycles. The molecule has 2 saturated heterocycles. The number of likely N-dealkylation sites (tertiary alicyclic amines) is 1. The molecule has 3 nitrogen and oxygen atoms in total. The normalized spacial score (nSPS) is 33.2. The van der Waals surface area contributed by atoms with E-state index >= 15 is 0 Å². The fraction of sp³-hybridized carbons (Fsp3) is 1.00. The van der Waals surface area contributed by atoms with Crippen LogP contribution in [0, 0.1) is 0 Å². The van der Waals surface area contributed by atoms with Crippen molar-refractivity contribution in [3.8, 4) is 0 Å². The van der Waals surface area contributed by atoms with Crippen LogP contribution in [0.3, 0.4) is 0 Å². The Morgan fingerprint density at radius 1 is 1.29 bits per heavy atom. The fourth-order valence-corrected chi connectivity index (χ4v) is 2.82. The van der Waals surface area contributed by atoms with Crippen molar-refractivity contribution in [2.45, 2.75) is 37.6 Å². The lowest BCUT2D eigenvalue weighted by Gasteiger charge is -2.55. The maximum atomic E-state index is 5.51. The zero-order valence-corrected chi connectivity index (χ0v) is 9.10. The van der Waals surface area contributed by atoms with Gasteiger partial charge in [0.15, 0.2) is 0 Å². The molecule has 2 aliphatic heterocycles. The predicted molar refractivity (Wildman–Crippen MR) is 59.3 cm³/mol. The summed E-state index contributed by atoms with van der Waals surface area (Å²) in [6.45, 7) is 5.86. The number of nitrogens with zero attached hydrogens (tertiary/aromatic N) is 1. The minimum absolute atomic E-state index is 0.548. The molecule has 0 aromatic rings. The molecule has 0 aromatic carbocycles. The molecule has 14 heavy (non-hydrogen) atoms. The number of rotatable bonds is 4. The summed E-state index contributed by atoms with van der Waals surface area (Å²) in [5, 5.41) is 3.53. The van der Waals surface area contributed by atoms with Gasteiger partial charge >= 0.3 is 0 Å². The van der Waals surface area contributed by atoms with Gasteiger partial charge in [0.2, 0.25) is 0 Å². The van der Waals surface area contributed by atoms with Crippen molar-refractivity contribution >= 4 is 0 Å². The van der Waals surface area contributed by atoms with Gasteiger partial charge < -0.3 is 11.1 Å². The molecule has 0 saturated carbocycles. The van der Waals surface area contributed by atoms with E-state index in [1.54, 1.807) is 0 Å². The zero-order chi connectivity index (χ0) is 9.86. The third-order valence-electron chi connectivity index (χ3n) is 3.85. The summed E-state index contributed by atoms with van der Waals surface area (Å²) in [4.78, 5) is 2.68. The Bertz CT molecular complexity index is 175. The Balaban J connectivity index is 1.76. The third kappa shape index (κ3) is 1.95. The highest BCUT2D eigenvalue weighted by atomic mass is 15.3. The average molecular weight is 197 g/mol. The number of piperidine rings is 1. The molecule has 0 aromatic heterocycles. The Morgan fingerprint density at radius 3 is 2.79 bits per heavy atom. The van der Waals surface area contributed by atoms with Crippen LogP contribution >= 0.6 is 0 Å². The van der Waals surface area contributed by atoms with Crippen LogP contribution in [-0.2, 0) is 0 Å². The maximum absolute atomic E-state index is 5.51. The van der Waals surface area contributed by atoms with E-state index in [4.69, 9.17) is 5.73 Å². The van der Waals surface area contributed by atoms with Crippen molar-refractivity contribution in [1.82, 2.24) is 10.2 Å². The Hall–Kier alpha value is -0.120. The maximum Gasteiger partial charge on any atom is 0.0346 e. The molecule has 0 bridgehead atoms. The molecule has 3 N–H and O–H groups in total. The lowest BCUT2D eigenvalue weighted by molar-refractivity contribution is -0.0322. The zero-order valence-electron chi connectivity index (χ0n) is 9.10. The molecule has 1 spiro atoms. The van der Waals surface area contributed by atoms with E-state index in [1.807, 2.05) is 0 Å². The SMILES string of the molecule is NCCCCN1CCC12CCCNC2. The number of hydrogen-bond acceptors (Lipinski definition) is 3. The minimum atomic E-state index is 0.548. The van der Waals surface area contributed by atoms with E-state index in [9.17, 15) is 0 Å². The molecule has 3 heteroatoms. The van der Waals surface area contributed by atoms with Crippen molar-refractivity contribution in [2.75, 3.05) is 32.7 Å². The summed E-state index contributed by atoms with van der Waals surface area (Å²) < 4.78 is 0. The first-order valence-electron chi connectivity index (χ1n) is 6.03. The van der Waals surface area contributed by atoms with Crippen LogP contribution in [0.5, 0.6) is 0 Å². The second kappa shape index (κ2) is 4.60. The topological polar surface area (TPSA) is 41.3 Å². The van der Waals surface area contributed by atoms with E-state index in [2.05, 4.69) is 10.2 Å². The van der Waals surface area contributed by atoms with Gasteiger partial charge in [-0.1, -0.05) is 0 Å². The molecule has 1 unspecified atom stereocenters. The van der Waals surface area contributed by atoms with Crippen LogP contribution in [0.2, 0.25) is 0 Å². The first-order chi connectivity index (χ1) is 6.87. The van der Waals surface area contributed by atoms with Gasteiger partial charge in [-0.25, -0.2) is 0 Å². The van der Waals surface area contributed by atoms with Crippen molar-refractivity contribution < 1.29 is 0 Å². The first-order valence-corrected chi connectivity index (χ1v) is 6.03. The van der Waals surface area contributed by atoms with Crippen molar-refractivity contribution in [2.24, 2.45) is 5.73 Å². The monoisotopic (exact) mass is 197 g/mol. The number of nitrogens with one attached hydrogen (secondary N) is 1. The Morgan fingerprint density at radius 2 is 2.21 bits per heavy atom. The van der Waals surface area contributed by atoms with Gasteiger partial charge in [0, 0.05) is 18.6 Å². The fourth-order valence-electron chi connectivity index (χ4n) is 2.82.